The van der Waals surface area contributed by atoms with E-state index in [0.717, 1.165) is 9.87 Å². The Bertz CT molecular complexity index is 1210. The number of sulfonamides is 1. The van der Waals surface area contributed by atoms with E-state index in [1.807, 2.05) is 0 Å². The first-order chi connectivity index (χ1) is 15.2. The van der Waals surface area contributed by atoms with Gasteiger partial charge in [-0.1, -0.05) is 30.3 Å². The first-order valence-electron chi connectivity index (χ1n) is 9.99. The lowest BCUT2D eigenvalue weighted by atomic mass is 10.1. The van der Waals surface area contributed by atoms with Crippen LogP contribution in [0.15, 0.2) is 71.6 Å². The molecular weight excluding hydrogens is 431 g/mol. The Labute approximate surface area is 187 Å². The summed E-state index contributed by atoms with van der Waals surface area (Å²) in [5, 5.41) is 2.80. The van der Waals surface area contributed by atoms with Crippen LogP contribution >= 0.6 is 0 Å². The second-order valence-electron chi connectivity index (χ2n) is 7.25. The predicted molar refractivity (Wildman–Crippen MR) is 122 cm³/mol. The van der Waals surface area contributed by atoms with Gasteiger partial charge in [0, 0.05) is 19.2 Å². The summed E-state index contributed by atoms with van der Waals surface area (Å²) in [6, 6.07) is 17.3. The summed E-state index contributed by atoms with van der Waals surface area (Å²) in [4.78, 5) is 12.7. The maximum Gasteiger partial charge on any atom is 0.264 e. The minimum Gasteiger partial charge on any atom is -0.495 e. The van der Waals surface area contributed by atoms with Crippen LogP contribution in [0.2, 0.25) is 0 Å². The number of aryl methyl sites for hydroxylation is 1. The fraction of sp³-hybridized carbons (Fsp3) is 0.208. The Morgan fingerprint density at radius 1 is 1.06 bits per heavy atom. The van der Waals surface area contributed by atoms with Crippen molar-refractivity contribution in [3.63, 3.8) is 0 Å². The lowest BCUT2D eigenvalue weighted by Crippen LogP contribution is -2.29. The van der Waals surface area contributed by atoms with Crippen LogP contribution in [0, 0.1) is 12.7 Å². The molecule has 0 saturated carbocycles. The lowest BCUT2D eigenvalue weighted by molar-refractivity contribution is 0.0953. The lowest BCUT2D eigenvalue weighted by Gasteiger charge is -2.22. The molecule has 0 aliphatic rings. The van der Waals surface area contributed by atoms with Gasteiger partial charge in [-0.05, 0) is 60.9 Å². The zero-order valence-electron chi connectivity index (χ0n) is 18.1. The van der Waals surface area contributed by atoms with Crippen LogP contribution in [0.3, 0.4) is 0 Å². The van der Waals surface area contributed by atoms with Gasteiger partial charge in [0.2, 0.25) is 0 Å². The number of carbonyl (C=O) groups excluding carboxylic acids is 1. The third kappa shape index (κ3) is 5.08. The smallest absolute Gasteiger partial charge is 0.264 e. The van der Waals surface area contributed by atoms with E-state index >= 15 is 0 Å². The minimum absolute atomic E-state index is 0.000177. The van der Waals surface area contributed by atoms with Gasteiger partial charge in [-0.15, -0.1) is 0 Å². The van der Waals surface area contributed by atoms with Crippen molar-refractivity contribution in [3.05, 3.63) is 89.2 Å². The molecule has 1 N–H and O–H groups in total. The number of para-hydroxylation sites is 2. The topological polar surface area (TPSA) is 75.7 Å². The average molecular weight is 457 g/mol. The quantitative estimate of drug-likeness (QED) is 0.557. The molecule has 0 aliphatic heterocycles. The Balaban J connectivity index is 1.79. The fourth-order valence-corrected chi connectivity index (χ4v) is 4.48. The molecule has 0 atom stereocenters. The number of amides is 1. The molecule has 32 heavy (non-hydrogen) atoms. The van der Waals surface area contributed by atoms with Gasteiger partial charge >= 0.3 is 0 Å². The monoisotopic (exact) mass is 456 g/mol. The number of carbonyl (C=O) groups is 1. The van der Waals surface area contributed by atoms with Gasteiger partial charge < -0.3 is 10.1 Å². The van der Waals surface area contributed by atoms with Crippen molar-refractivity contribution in [2.75, 3.05) is 25.0 Å². The zero-order chi connectivity index (χ0) is 23.3. The maximum absolute atomic E-state index is 13.2. The molecule has 0 spiro atoms. The molecule has 0 bridgehead atoms. The van der Waals surface area contributed by atoms with Crippen LogP contribution in [-0.2, 0) is 16.4 Å². The standard InChI is InChI=1S/C24H25FN2O4S/c1-17-8-13-20(32(29,30)27(2)22-6-4-5-7-23(22)31-3)16-21(17)24(28)26-15-14-18-9-11-19(25)12-10-18/h4-13,16H,14-15H2,1-3H3,(H,26,28). The van der Waals surface area contributed by atoms with Crippen molar-refractivity contribution in [2.24, 2.45) is 0 Å². The van der Waals surface area contributed by atoms with Gasteiger partial charge in [0.25, 0.3) is 15.9 Å². The SMILES string of the molecule is COc1ccccc1N(C)S(=O)(=O)c1ccc(C)c(C(=O)NCCc2ccc(F)cc2)c1. The first kappa shape index (κ1) is 23.3. The normalized spacial score (nSPS) is 11.1. The molecule has 3 aromatic rings. The van der Waals surface area contributed by atoms with Crippen LogP contribution in [0.25, 0.3) is 0 Å². The second-order valence-corrected chi connectivity index (χ2v) is 9.22. The molecule has 6 nitrogen and oxygen atoms in total. The average Bonchev–Trinajstić information content (AvgIpc) is 2.79. The van der Waals surface area contributed by atoms with E-state index in [1.165, 1.54) is 38.4 Å². The van der Waals surface area contributed by atoms with E-state index in [9.17, 15) is 17.6 Å². The van der Waals surface area contributed by atoms with E-state index in [2.05, 4.69) is 5.32 Å². The van der Waals surface area contributed by atoms with Crippen LogP contribution in [-0.4, -0.2) is 35.0 Å². The van der Waals surface area contributed by atoms with E-state index in [1.54, 1.807) is 49.4 Å². The van der Waals surface area contributed by atoms with E-state index in [4.69, 9.17) is 4.74 Å². The fourth-order valence-electron chi connectivity index (χ4n) is 3.25. The third-order valence-electron chi connectivity index (χ3n) is 5.15. The number of nitrogens with zero attached hydrogens (tertiary/aromatic N) is 1. The van der Waals surface area contributed by atoms with Crippen LogP contribution in [0.4, 0.5) is 10.1 Å². The molecule has 0 radical (unpaired) electrons. The number of methoxy groups -OCH3 is 1. The molecule has 0 fully saturated rings. The highest BCUT2D eigenvalue weighted by Gasteiger charge is 2.25. The highest BCUT2D eigenvalue weighted by Crippen LogP contribution is 2.31. The Kier molecular flexibility index (Phi) is 7.15. The summed E-state index contributed by atoms with van der Waals surface area (Å²) in [6.07, 6.45) is 0.527. The van der Waals surface area contributed by atoms with E-state index < -0.39 is 10.0 Å². The zero-order valence-corrected chi connectivity index (χ0v) is 18.9. The van der Waals surface area contributed by atoms with Gasteiger partial charge in [0.1, 0.15) is 11.6 Å². The van der Waals surface area contributed by atoms with Crippen molar-refractivity contribution in [1.29, 1.82) is 0 Å². The summed E-state index contributed by atoms with van der Waals surface area (Å²) in [7, 11) is -1.02. The number of benzene rings is 3. The second kappa shape index (κ2) is 9.82. The minimum atomic E-state index is -3.93. The molecule has 3 rings (SSSR count). The van der Waals surface area contributed by atoms with Crippen LogP contribution in [0.5, 0.6) is 5.75 Å². The summed E-state index contributed by atoms with van der Waals surface area (Å²) in [6.45, 7) is 2.08. The molecule has 8 heteroatoms. The van der Waals surface area contributed by atoms with Gasteiger partial charge in [0.05, 0.1) is 17.7 Å². The van der Waals surface area contributed by atoms with Crippen molar-refractivity contribution in [1.82, 2.24) is 5.32 Å². The molecule has 0 unspecified atom stereocenters. The third-order valence-corrected chi connectivity index (χ3v) is 6.92. The first-order valence-corrected chi connectivity index (χ1v) is 11.4. The Morgan fingerprint density at radius 3 is 2.44 bits per heavy atom. The highest BCUT2D eigenvalue weighted by molar-refractivity contribution is 7.92. The number of hydrogen-bond donors (Lipinski definition) is 1. The van der Waals surface area contributed by atoms with Crippen LogP contribution < -0.4 is 14.4 Å². The number of rotatable bonds is 8. The predicted octanol–water partition coefficient (Wildman–Crippen LogP) is 3.94. The molecule has 3 aromatic carbocycles. The summed E-state index contributed by atoms with van der Waals surface area (Å²) < 4.78 is 45.9. The summed E-state index contributed by atoms with van der Waals surface area (Å²) >= 11 is 0. The van der Waals surface area contributed by atoms with Crippen molar-refractivity contribution in [3.8, 4) is 5.75 Å². The number of nitrogens with one attached hydrogen (secondary N) is 1. The van der Waals surface area contributed by atoms with Crippen LogP contribution in [0.1, 0.15) is 21.5 Å². The van der Waals surface area contributed by atoms with Crippen molar-refractivity contribution < 1.29 is 22.3 Å². The van der Waals surface area contributed by atoms with E-state index in [-0.39, 0.29) is 22.2 Å². The molecule has 0 aliphatic carbocycles. The van der Waals surface area contributed by atoms with E-state index in [0.29, 0.717) is 30.0 Å². The number of hydrogen-bond acceptors (Lipinski definition) is 4. The molecule has 1 amide bonds. The molecule has 168 valence electrons. The van der Waals surface area contributed by atoms with Gasteiger partial charge in [0.15, 0.2) is 0 Å². The molecule has 0 heterocycles. The molecule has 0 saturated heterocycles. The number of anilines is 1. The summed E-state index contributed by atoms with van der Waals surface area (Å²) in [5.41, 5.74) is 2.21. The van der Waals surface area contributed by atoms with Gasteiger partial charge in [-0.2, -0.15) is 0 Å². The van der Waals surface area contributed by atoms with Gasteiger partial charge in [-0.25, -0.2) is 12.8 Å². The Hall–Kier alpha value is -3.39. The molecule has 0 aromatic heterocycles. The molecular formula is C24H25FN2O4S. The Morgan fingerprint density at radius 2 is 1.75 bits per heavy atom. The number of halogens is 1. The van der Waals surface area contributed by atoms with Crippen molar-refractivity contribution >= 4 is 21.6 Å². The maximum atomic E-state index is 13.2. The largest absolute Gasteiger partial charge is 0.495 e. The van der Waals surface area contributed by atoms with Gasteiger partial charge in [-0.3, -0.25) is 9.10 Å². The number of ether oxygens (including phenoxy) is 1. The van der Waals surface area contributed by atoms with Crippen molar-refractivity contribution in [2.45, 2.75) is 18.2 Å². The summed E-state index contributed by atoms with van der Waals surface area (Å²) in [5.74, 6) is -0.268. The highest BCUT2D eigenvalue weighted by atomic mass is 32.2.